The van der Waals surface area contributed by atoms with Crippen molar-refractivity contribution in [2.45, 2.75) is 0 Å². The number of rotatable bonds is 1. The fraction of sp³-hybridized carbons (Fsp3) is 0. The van der Waals surface area contributed by atoms with E-state index in [4.69, 9.17) is 5.11 Å². The molecule has 0 aromatic carbocycles. The SMILES string of the molecule is C=[14CH]C(=O)O. The van der Waals surface area contributed by atoms with Crippen LogP contribution in [0.4, 0.5) is 0 Å². The smallest absolute Gasteiger partial charge is 0.327 e. The average Bonchev–Trinajstić information content (AvgIpc) is 1.38. The zero-order valence-electron chi connectivity index (χ0n) is 2.64. The van der Waals surface area contributed by atoms with Gasteiger partial charge in [0, 0.05) is 6.08 Å². The van der Waals surface area contributed by atoms with E-state index in [0.29, 0.717) is 0 Å². The van der Waals surface area contributed by atoms with E-state index in [2.05, 4.69) is 6.58 Å². The molecule has 0 aliphatic heterocycles. The van der Waals surface area contributed by atoms with E-state index in [0.717, 1.165) is 6.08 Å². The van der Waals surface area contributed by atoms with Crippen LogP contribution in [0.1, 0.15) is 0 Å². The van der Waals surface area contributed by atoms with Crippen molar-refractivity contribution < 1.29 is 9.90 Å². The summed E-state index contributed by atoms with van der Waals surface area (Å²) in [6, 6.07) is 0. The van der Waals surface area contributed by atoms with Crippen molar-refractivity contribution in [2.24, 2.45) is 0 Å². The lowest BCUT2D eigenvalue weighted by Crippen LogP contribution is -1.82. The lowest BCUT2D eigenvalue weighted by Gasteiger charge is -1.64. The number of carboxylic acids is 1. The van der Waals surface area contributed by atoms with Gasteiger partial charge in [-0.3, -0.25) is 0 Å². The largest absolute Gasteiger partial charge is 0.478 e. The molecule has 0 fully saturated rings. The molecule has 1 N–H and O–H groups in total. The quantitative estimate of drug-likeness (QED) is 0.453. The number of carbonyl (C=O) groups is 1. The van der Waals surface area contributed by atoms with E-state index in [9.17, 15) is 4.79 Å². The van der Waals surface area contributed by atoms with Crippen LogP contribution in [0, 0.1) is 0 Å². The van der Waals surface area contributed by atoms with Crippen molar-refractivity contribution in [3.8, 4) is 0 Å². The molecule has 0 aromatic rings. The van der Waals surface area contributed by atoms with E-state index < -0.39 is 5.97 Å². The van der Waals surface area contributed by atoms with Gasteiger partial charge in [0.2, 0.25) is 0 Å². The maximum Gasteiger partial charge on any atom is 0.327 e. The molecular formula is C3H4O2. The van der Waals surface area contributed by atoms with Crippen LogP contribution >= 0.6 is 0 Å². The first-order chi connectivity index (χ1) is 2.27. The van der Waals surface area contributed by atoms with Crippen LogP contribution in [0.5, 0.6) is 0 Å². The van der Waals surface area contributed by atoms with Crippen LogP contribution < -0.4 is 0 Å². The van der Waals surface area contributed by atoms with Crippen molar-refractivity contribution in [1.29, 1.82) is 0 Å². The maximum atomic E-state index is 9.25. The third-order valence-corrected chi connectivity index (χ3v) is 0.175. The number of aliphatic carboxylic acids is 1. The van der Waals surface area contributed by atoms with Gasteiger partial charge in [0.05, 0.1) is 0 Å². The van der Waals surface area contributed by atoms with Crippen LogP contribution in [0.15, 0.2) is 12.7 Å². The molecule has 0 saturated heterocycles. The first-order valence-electron chi connectivity index (χ1n) is 1.12. The lowest BCUT2D eigenvalue weighted by molar-refractivity contribution is -0.131. The first-order valence-corrected chi connectivity index (χ1v) is 1.12. The Balaban J connectivity index is 3.20. The summed E-state index contributed by atoms with van der Waals surface area (Å²) < 4.78 is 0. The van der Waals surface area contributed by atoms with Gasteiger partial charge in [0.25, 0.3) is 0 Å². The second-order valence-electron chi connectivity index (χ2n) is 0.542. The Labute approximate surface area is 29.7 Å². The Morgan fingerprint density at radius 1 is 2.00 bits per heavy atom. The highest BCUT2D eigenvalue weighted by Crippen LogP contribution is 1.54. The van der Waals surface area contributed by atoms with Crippen LogP contribution in [0.25, 0.3) is 0 Å². The van der Waals surface area contributed by atoms with Crippen LogP contribution in [0.3, 0.4) is 0 Å². The highest BCUT2D eigenvalue weighted by molar-refractivity contribution is 5.78. The standard InChI is InChI=1S/C3H4O2/c1-2-3(4)5/h2H,1H2,(H,4,5)/i2+2. The average molecular weight is 74.1 g/mol. The van der Waals surface area contributed by atoms with Gasteiger partial charge >= 0.3 is 5.97 Å². The van der Waals surface area contributed by atoms with Crippen LogP contribution in [-0.2, 0) is 4.79 Å². The molecule has 0 aromatic heterocycles. The molecule has 0 heterocycles. The Kier molecular flexibility index (Phi) is 1.28. The highest BCUT2D eigenvalue weighted by atomic mass is 16.4. The number of carboxylic acid groups (broad SMARTS) is 1. The first kappa shape index (κ1) is 4.21. The van der Waals surface area contributed by atoms with E-state index >= 15 is 0 Å². The second kappa shape index (κ2) is 1.52. The Morgan fingerprint density at radius 2 is 2.20 bits per heavy atom. The van der Waals surface area contributed by atoms with Gasteiger partial charge in [-0.05, 0) is 0 Å². The summed E-state index contributed by atoms with van der Waals surface area (Å²) in [4.78, 5) is 9.25. The summed E-state index contributed by atoms with van der Waals surface area (Å²) in [5, 5.41) is 7.60. The molecular weight excluding hydrogens is 70.0 g/mol. The number of hydrogen-bond acceptors (Lipinski definition) is 1. The molecule has 0 radical (unpaired) electrons. The fourth-order valence-corrected chi connectivity index (χ4v) is 0. The minimum atomic E-state index is -0.981. The van der Waals surface area contributed by atoms with E-state index in [1.54, 1.807) is 0 Å². The molecule has 0 amide bonds. The van der Waals surface area contributed by atoms with Gasteiger partial charge in [0.1, 0.15) is 0 Å². The molecule has 2 nitrogen and oxygen atoms in total. The van der Waals surface area contributed by atoms with Crippen molar-refractivity contribution in [3.05, 3.63) is 12.7 Å². The van der Waals surface area contributed by atoms with Crippen LogP contribution in [0.2, 0.25) is 0 Å². The van der Waals surface area contributed by atoms with Crippen LogP contribution in [-0.4, -0.2) is 11.1 Å². The van der Waals surface area contributed by atoms with Crippen molar-refractivity contribution in [3.63, 3.8) is 0 Å². The molecule has 2 heteroatoms. The molecule has 0 atom stereocenters. The molecule has 5 heavy (non-hydrogen) atoms. The van der Waals surface area contributed by atoms with Crippen molar-refractivity contribution in [1.82, 2.24) is 0 Å². The van der Waals surface area contributed by atoms with E-state index in [-0.39, 0.29) is 0 Å². The lowest BCUT2D eigenvalue weighted by atomic mass is 11.2. The van der Waals surface area contributed by atoms with Gasteiger partial charge in [0.15, 0.2) is 0 Å². The van der Waals surface area contributed by atoms with Gasteiger partial charge in [-0.2, -0.15) is 0 Å². The summed E-state index contributed by atoms with van der Waals surface area (Å²) in [6.45, 7) is 2.96. The molecule has 0 spiro atoms. The molecule has 0 saturated carbocycles. The minimum absolute atomic E-state index is 0.833. The van der Waals surface area contributed by atoms with E-state index in [1.165, 1.54) is 0 Å². The summed E-state index contributed by atoms with van der Waals surface area (Å²) in [5.41, 5.74) is 0. The van der Waals surface area contributed by atoms with Gasteiger partial charge < -0.3 is 5.11 Å². The van der Waals surface area contributed by atoms with Gasteiger partial charge in [-0.1, -0.05) is 6.58 Å². The maximum absolute atomic E-state index is 9.25. The Morgan fingerprint density at radius 3 is 2.20 bits per heavy atom. The van der Waals surface area contributed by atoms with E-state index in [1.807, 2.05) is 0 Å². The topological polar surface area (TPSA) is 37.3 Å². The summed E-state index contributed by atoms with van der Waals surface area (Å²) in [6.07, 6.45) is 0.833. The molecule has 0 aliphatic rings. The Bertz CT molecular complexity index is 55.9. The third kappa shape index (κ3) is 3.21. The second-order valence-corrected chi connectivity index (χ2v) is 0.542. The minimum Gasteiger partial charge on any atom is -0.478 e. The van der Waals surface area contributed by atoms with Gasteiger partial charge in [-0.25, -0.2) is 4.79 Å². The fourth-order valence-electron chi connectivity index (χ4n) is 0. The zero-order chi connectivity index (χ0) is 4.28. The third-order valence-electron chi connectivity index (χ3n) is 0.175. The predicted molar refractivity (Wildman–Crippen MR) is 17.8 cm³/mol. The normalized spacial score (nSPS) is 6.40. The Hall–Kier alpha value is -0.790. The summed E-state index contributed by atoms with van der Waals surface area (Å²) in [5.74, 6) is -0.981. The predicted octanol–water partition coefficient (Wildman–Crippen LogP) is 0.257. The highest BCUT2D eigenvalue weighted by Gasteiger charge is 1.73. The monoisotopic (exact) mass is 74.0 g/mol. The zero-order valence-corrected chi connectivity index (χ0v) is 2.64. The molecule has 0 unspecified atom stereocenters. The number of hydrogen-bond donors (Lipinski definition) is 1. The molecule has 0 rings (SSSR count). The molecule has 0 bridgehead atoms. The molecule has 28 valence electrons. The molecule has 0 aliphatic carbocycles. The van der Waals surface area contributed by atoms with Crippen molar-refractivity contribution >= 4 is 5.97 Å². The summed E-state index contributed by atoms with van der Waals surface area (Å²) >= 11 is 0. The summed E-state index contributed by atoms with van der Waals surface area (Å²) in [7, 11) is 0. The van der Waals surface area contributed by atoms with Crippen molar-refractivity contribution in [2.75, 3.05) is 0 Å². The van der Waals surface area contributed by atoms with Gasteiger partial charge in [-0.15, -0.1) is 0 Å².